The molecule has 21 heavy (non-hydrogen) atoms. The van der Waals surface area contributed by atoms with E-state index in [0.29, 0.717) is 12.5 Å². The van der Waals surface area contributed by atoms with Gasteiger partial charge in [-0.2, -0.15) is 0 Å². The maximum absolute atomic E-state index is 6.02. The van der Waals surface area contributed by atoms with Gasteiger partial charge in [0, 0.05) is 19.6 Å². The van der Waals surface area contributed by atoms with Crippen LogP contribution in [-0.4, -0.2) is 42.0 Å². The summed E-state index contributed by atoms with van der Waals surface area (Å²) >= 11 is 1.67. The highest BCUT2D eigenvalue weighted by Crippen LogP contribution is 2.24. The van der Waals surface area contributed by atoms with E-state index < -0.39 is 0 Å². The molecule has 1 aliphatic rings. The number of para-hydroxylation sites is 1. The van der Waals surface area contributed by atoms with Crippen molar-refractivity contribution < 1.29 is 0 Å². The number of likely N-dealkylation sites (tertiary alicyclic amines) is 1. The van der Waals surface area contributed by atoms with Gasteiger partial charge in [0.1, 0.15) is 0 Å². The molecule has 2 aromatic rings. The van der Waals surface area contributed by atoms with E-state index in [1.807, 2.05) is 18.2 Å². The van der Waals surface area contributed by atoms with Gasteiger partial charge < -0.3 is 16.0 Å². The minimum absolute atomic E-state index is 0.679. The summed E-state index contributed by atoms with van der Waals surface area (Å²) in [6.45, 7) is 3.52. The van der Waals surface area contributed by atoms with Crippen molar-refractivity contribution in [2.45, 2.75) is 19.3 Å². The maximum atomic E-state index is 6.02. The molecule has 2 heterocycles. The van der Waals surface area contributed by atoms with Crippen LogP contribution < -0.4 is 11.1 Å². The highest BCUT2D eigenvalue weighted by molar-refractivity contribution is 7.22. The molecule has 0 radical (unpaired) electrons. The van der Waals surface area contributed by atoms with Crippen molar-refractivity contribution in [2.75, 3.05) is 31.5 Å². The normalized spacial score (nSPS) is 16.4. The smallest absolute Gasteiger partial charge is 0.191 e. The third-order valence-electron chi connectivity index (χ3n) is 3.64. The van der Waals surface area contributed by atoms with Crippen LogP contribution in [0.2, 0.25) is 0 Å². The van der Waals surface area contributed by atoms with Crippen molar-refractivity contribution in [3.05, 3.63) is 24.3 Å². The molecule has 0 unspecified atom stereocenters. The fraction of sp³-hybridized carbons (Fsp3) is 0.467. The molecule has 0 amide bonds. The van der Waals surface area contributed by atoms with Gasteiger partial charge in [-0.1, -0.05) is 23.5 Å². The lowest BCUT2D eigenvalue weighted by Gasteiger charge is -2.27. The third-order valence-corrected chi connectivity index (χ3v) is 4.63. The van der Waals surface area contributed by atoms with Crippen LogP contribution in [0.4, 0.5) is 5.13 Å². The first-order valence-electron chi connectivity index (χ1n) is 7.47. The van der Waals surface area contributed by atoms with E-state index in [-0.39, 0.29) is 0 Å². The molecule has 3 N–H and O–H groups in total. The number of nitrogens with one attached hydrogen (secondary N) is 1. The summed E-state index contributed by atoms with van der Waals surface area (Å²) in [5.74, 6) is 0.681. The number of anilines is 1. The number of thiazole rings is 1. The van der Waals surface area contributed by atoms with Crippen LogP contribution in [0.3, 0.4) is 0 Å². The van der Waals surface area contributed by atoms with Gasteiger partial charge in [-0.05, 0) is 31.4 Å². The number of benzene rings is 1. The van der Waals surface area contributed by atoms with Crippen LogP contribution in [0, 0.1) is 0 Å². The van der Waals surface area contributed by atoms with Gasteiger partial charge >= 0.3 is 0 Å². The molecule has 0 saturated carbocycles. The Morgan fingerprint density at radius 2 is 2.10 bits per heavy atom. The Hall–Kier alpha value is -1.82. The number of hydrogen-bond donors (Lipinski definition) is 2. The van der Waals surface area contributed by atoms with Crippen LogP contribution in [0.5, 0.6) is 0 Å². The average Bonchev–Trinajstić information content (AvgIpc) is 2.95. The molecular weight excluding hydrogens is 282 g/mol. The Bertz CT molecular complexity index is 582. The molecular formula is C15H21N5S. The first-order valence-corrected chi connectivity index (χ1v) is 8.29. The summed E-state index contributed by atoms with van der Waals surface area (Å²) in [6, 6.07) is 8.16. The van der Waals surface area contributed by atoms with Gasteiger partial charge in [-0.3, -0.25) is 4.99 Å². The Morgan fingerprint density at radius 1 is 1.29 bits per heavy atom. The monoisotopic (exact) mass is 303 g/mol. The largest absolute Gasteiger partial charge is 0.370 e. The topological polar surface area (TPSA) is 66.5 Å². The predicted octanol–water partition coefficient (Wildman–Crippen LogP) is 2.51. The zero-order chi connectivity index (χ0) is 14.5. The maximum Gasteiger partial charge on any atom is 0.191 e. The second-order valence-corrected chi connectivity index (χ2v) is 6.23. The first-order chi connectivity index (χ1) is 10.3. The highest BCUT2D eigenvalue weighted by atomic mass is 32.1. The van der Waals surface area contributed by atoms with E-state index >= 15 is 0 Å². The van der Waals surface area contributed by atoms with Gasteiger partial charge in [0.15, 0.2) is 11.1 Å². The number of nitrogens with zero attached hydrogens (tertiary/aromatic N) is 3. The lowest BCUT2D eigenvalue weighted by molar-refractivity contribution is 0.338. The summed E-state index contributed by atoms with van der Waals surface area (Å²) < 4.78 is 1.20. The van der Waals surface area contributed by atoms with Crippen molar-refractivity contribution in [1.29, 1.82) is 0 Å². The minimum Gasteiger partial charge on any atom is -0.370 e. The predicted molar refractivity (Wildman–Crippen MR) is 90.0 cm³/mol. The molecule has 1 aromatic carbocycles. The number of nitrogens with two attached hydrogens (primary N) is 1. The van der Waals surface area contributed by atoms with Crippen LogP contribution >= 0.6 is 11.3 Å². The van der Waals surface area contributed by atoms with Crippen molar-refractivity contribution in [1.82, 2.24) is 9.88 Å². The Balaban J connectivity index is 1.49. The number of rotatable bonds is 4. The number of fused-ring (bicyclic) bond motifs is 1. The summed E-state index contributed by atoms with van der Waals surface area (Å²) in [4.78, 5) is 11.2. The van der Waals surface area contributed by atoms with E-state index in [1.54, 1.807) is 11.3 Å². The lowest BCUT2D eigenvalue weighted by atomic mass is 10.1. The number of piperidine rings is 1. The molecule has 1 fully saturated rings. The molecule has 0 atom stereocenters. The van der Waals surface area contributed by atoms with Crippen LogP contribution in [0.25, 0.3) is 10.2 Å². The van der Waals surface area contributed by atoms with Crippen LogP contribution in [-0.2, 0) is 0 Å². The second kappa shape index (κ2) is 6.76. The van der Waals surface area contributed by atoms with Crippen molar-refractivity contribution in [2.24, 2.45) is 10.7 Å². The molecule has 5 nitrogen and oxygen atoms in total. The molecule has 0 bridgehead atoms. The zero-order valence-electron chi connectivity index (χ0n) is 12.1. The van der Waals surface area contributed by atoms with E-state index in [2.05, 4.69) is 26.3 Å². The summed E-state index contributed by atoms with van der Waals surface area (Å²) in [5, 5.41) is 4.27. The zero-order valence-corrected chi connectivity index (χ0v) is 12.9. The van der Waals surface area contributed by atoms with Crippen molar-refractivity contribution in [3.63, 3.8) is 0 Å². The first kappa shape index (κ1) is 14.1. The molecule has 0 aliphatic carbocycles. The Labute approximate surface area is 128 Å². The van der Waals surface area contributed by atoms with E-state index in [0.717, 1.165) is 30.3 Å². The van der Waals surface area contributed by atoms with Gasteiger partial charge in [-0.15, -0.1) is 0 Å². The number of guanidine groups is 1. The summed E-state index contributed by atoms with van der Waals surface area (Å²) in [6.07, 6.45) is 3.75. The van der Waals surface area contributed by atoms with Gasteiger partial charge in [0.05, 0.1) is 16.8 Å². The molecule has 112 valence electrons. The lowest BCUT2D eigenvalue weighted by Crippen LogP contribution is -2.41. The number of aromatic nitrogens is 1. The molecule has 1 aliphatic heterocycles. The number of aliphatic imine (C=N–C) groups is 1. The second-order valence-electron chi connectivity index (χ2n) is 5.20. The fourth-order valence-electron chi connectivity index (χ4n) is 2.50. The van der Waals surface area contributed by atoms with Gasteiger partial charge in [0.25, 0.3) is 0 Å². The Kier molecular flexibility index (Phi) is 4.55. The Morgan fingerprint density at radius 3 is 2.90 bits per heavy atom. The number of hydrogen-bond acceptors (Lipinski definition) is 4. The third kappa shape index (κ3) is 3.64. The van der Waals surface area contributed by atoms with Crippen LogP contribution in [0.1, 0.15) is 19.3 Å². The fourth-order valence-corrected chi connectivity index (χ4v) is 3.40. The molecule has 3 rings (SSSR count). The highest BCUT2D eigenvalue weighted by Gasteiger charge is 2.11. The van der Waals surface area contributed by atoms with Gasteiger partial charge in [0.2, 0.25) is 0 Å². The summed E-state index contributed by atoms with van der Waals surface area (Å²) in [7, 11) is 0. The van der Waals surface area contributed by atoms with Crippen LogP contribution in [0.15, 0.2) is 29.3 Å². The van der Waals surface area contributed by atoms with E-state index in [4.69, 9.17) is 5.73 Å². The average molecular weight is 303 g/mol. The van der Waals surface area contributed by atoms with E-state index in [1.165, 1.54) is 24.0 Å². The van der Waals surface area contributed by atoms with Gasteiger partial charge in [-0.25, -0.2) is 4.98 Å². The molecule has 6 heteroatoms. The standard InChI is InChI=1S/C15H21N5S/c16-14(20-10-4-1-5-11-20)17-8-9-18-15-19-12-6-2-3-7-13(12)21-15/h2-3,6-7H,1,4-5,8-11H2,(H2,16,17)(H,18,19). The quantitative estimate of drug-likeness (QED) is 0.517. The minimum atomic E-state index is 0.679. The van der Waals surface area contributed by atoms with Crippen molar-refractivity contribution >= 4 is 32.6 Å². The van der Waals surface area contributed by atoms with E-state index in [9.17, 15) is 0 Å². The SMILES string of the molecule is NC(=NCCNc1nc2ccccc2s1)N1CCCCC1. The van der Waals surface area contributed by atoms with Crippen molar-refractivity contribution in [3.8, 4) is 0 Å². The molecule has 0 spiro atoms. The summed E-state index contributed by atoms with van der Waals surface area (Å²) in [5.41, 5.74) is 7.07. The molecule has 1 saturated heterocycles. The molecule has 1 aromatic heterocycles.